The minimum atomic E-state index is 0.854. The largest absolute Gasteiger partial charge is 0.330 e. The molecule has 1 aliphatic rings. The van der Waals surface area contributed by atoms with Gasteiger partial charge in [0.25, 0.3) is 0 Å². The van der Waals surface area contributed by atoms with Gasteiger partial charge in [-0.3, -0.25) is 0 Å². The summed E-state index contributed by atoms with van der Waals surface area (Å²) in [6, 6.07) is 0. The Balaban J connectivity index is 0.000000397. The van der Waals surface area contributed by atoms with Crippen LogP contribution < -0.4 is 22.1 Å². The molecule has 1 aliphatic heterocycles. The summed E-state index contributed by atoms with van der Waals surface area (Å²) in [5.74, 6) is 0. The van der Waals surface area contributed by atoms with Gasteiger partial charge in [0, 0.05) is 26.2 Å². The van der Waals surface area contributed by atoms with Crippen LogP contribution in [0.1, 0.15) is 51.4 Å². The van der Waals surface area contributed by atoms with E-state index in [2.05, 4.69) is 10.6 Å². The molecule has 0 aromatic rings. The fourth-order valence-electron chi connectivity index (χ4n) is 1.95. The van der Waals surface area contributed by atoms with Crippen molar-refractivity contribution in [3.8, 4) is 0 Å². The second-order valence-electron chi connectivity index (χ2n) is 4.91. The number of nitrogens with one attached hydrogen (secondary N) is 2. The first kappa shape index (κ1) is 17.8. The summed E-state index contributed by atoms with van der Waals surface area (Å²) in [6.07, 6.45) is 10.5. The van der Waals surface area contributed by atoms with Gasteiger partial charge in [-0.25, -0.2) is 0 Å². The predicted molar refractivity (Wildman–Crippen MR) is 80.8 cm³/mol. The molecule has 0 aromatic carbocycles. The Morgan fingerprint density at radius 1 is 0.500 bits per heavy atom. The molecule has 0 radical (unpaired) electrons. The SMILES string of the molecule is C1CNCCN1.NCCCCCCCCCCN. The summed E-state index contributed by atoms with van der Waals surface area (Å²) in [6.45, 7) is 6.26. The first-order valence-corrected chi connectivity index (χ1v) is 7.73. The lowest BCUT2D eigenvalue weighted by Crippen LogP contribution is -2.39. The molecule has 110 valence electrons. The number of piperazine rings is 1. The second-order valence-corrected chi connectivity index (χ2v) is 4.91. The lowest BCUT2D eigenvalue weighted by atomic mass is 10.1. The standard InChI is InChI=1S/C10H24N2.C4H10N2/c11-9-7-5-3-1-2-4-6-8-10-12;1-2-6-4-3-5-1/h1-12H2;5-6H,1-4H2. The third-order valence-electron chi connectivity index (χ3n) is 3.12. The van der Waals surface area contributed by atoms with E-state index in [1.165, 1.54) is 51.4 Å². The zero-order chi connectivity index (χ0) is 13.3. The van der Waals surface area contributed by atoms with Gasteiger partial charge in [0.15, 0.2) is 0 Å². The van der Waals surface area contributed by atoms with Crippen LogP contribution >= 0.6 is 0 Å². The molecule has 6 N–H and O–H groups in total. The summed E-state index contributed by atoms with van der Waals surface area (Å²) < 4.78 is 0. The molecule has 4 nitrogen and oxygen atoms in total. The molecular formula is C14H34N4. The molecule has 1 heterocycles. The van der Waals surface area contributed by atoms with Crippen molar-refractivity contribution in [2.75, 3.05) is 39.3 Å². The first-order valence-electron chi connectivity index (χ1n) is 7.73. The van der Waals surface area contributed by atoms with Crippen LogP contribution in [0.5, 0.6) is 0 Å². The van der Waals surface area contributed by atoms with E-state index in [1.807, 2.05) is 0 Å². The Morgan fingerprint density at radius 3 is 1.00 bits per heavy atom. The Bertz CT molecular complexity index is 116. The van der Waals surface area contributed by atoms with Gasteiger partial charge in [0.2, 0.25) is 0 Å². The normalized spacial score (nSPS) is 15.0. The van der Waals surface area contributed by atoms with Crippen molar-refractivity contribution in [2.45, 2.75) is 51.4 Å². The van der Waals surface area contributed by atoms with Crippen LogP contribution in [0, 0.1) is 0 Å². The Kier molecular flexibility index (Phi) is 16.7. The van der Waals surface area contributed by atoms with Gasteiger partial charge < -0.3 is 22.1 Å². The summed E-state index contributed by atoms with van der Waals surface area (Å²) in [4.78, 5) is 0. The van der Waals surface area contributed by atoms with Crippen LogP contribution in [0.15, 0.2) is 0 Å². The van der Waals surface area contributed by atoms with Gasteiger partial charge in [0.1, 0.15) is 0 Å². The predicted octanol–water partition coefficient (Wildman–Crippen LogP) is 1.20. The summed E-state index contributed by atoms with van der Waals surface area (Å²) >= 11 is 0. The number of hydrogen-bond donors (Lipinski definition) is 4. The molecule has 0 aromatic heterocycles. The van der Waals surface area contributed by atoms with Crippen LogP contribution in [-0.4, -0.2) is 39.3 Å². The van der Waals surface area contributed by atoms with Crippen LogP contribution in [0.4, 0.5) is 0 Å². The van der Waals surface area contributed by atoms with Crippen LogP contribution in [0.3, 0.4) is 0 Å². The van der Waals surface area contributed by atoms with Crippen molar-refractivity contribution in [2.24, 2.45) is 11.5 Å². The number of unbranched alkanes of at least 4 members (excludes halogenated alkanes) is 7. The highest BCUT2D eigenvalue weighted by molar-refractivity contribution is 4.59. The van der Waals surface area contributed by atoms with Gasteiger partial charge in [-0.15, -0.1) is 0 Å². The number of rotatable bonds is 9. The van der Waals surface area contributed by atoms with E-state index >= 15 is 0 Å². The first-order chi connectivity index (χ1) is 8.91. The second kappa shape index (κ2) is 16.8. The monoisotopic (exact) mass is 258 g/mol. The third-order valence-corrected chi connectivity index (χ3v) is 3.12. The molecular weight excluding hydrogens is 224 g/mol. The maximum Gasteiger partial charge on any atom is 0.00772 e. The molecule has 18 heavy (non-hydrogen) atoms. The van der Waals surface area contributed by atoms with E-state index in [9.17, 15) is 0 Å². The topological polar surface area (TPSA) is 76.1 Å². The van der Waals surface area contributed by atoms with Gasteiger partial charge in [-0.1, -0.05) is 38.5 Å². The van der Waals surface area contributed by atoms with Gasteiger partial charge in [-0.2, -0.15) is 0 Å². The van der Waals surface area contributed by atoms with Crippen molar-refractivity contribution in [3.63, 3.8) is 0 Å². The van der Waals surface area contributed by atoms with E-state index in [4.69, 9.17) is 11.5 Å². The van der Waals surface area contributed by atoms with Crippen molar-refractivity contribution >= 4 is 0 Å². The van der Waals surface area contributed by atoms with Crippen LogP contribution in [0.25, 0.3) is 0 Å². The summed E-state index contributed by atoms with van der Waals surface area (Å²) in [5.41, 5.74) is 10.8. The molecule has 0 amide bonds. The van der Waals surface area contributed by atoms with E-state index in [1.54, 1.807) is 0 Å². The maximum atomic E-state index is 5.40. The fourth-order valence-corrected chi connectivity index (χ4v) is 1.95. The Morgan fingerprint density at radius 2 is 0.778 bits per heavy atom. The van der Waals surface area contributed by atoms with Crippen molar-refractivity contribution in [3.05, 3.63) is 0 Å². The number of hydrogen-bond acceptors (Lipinski definition) is 4. The van der Waals surface area contributed by atoms with Crippen LogP contribution in [0.2, 0.25) is 0 Å². The molecule has 0 unspecified atom stereocenters. The highest BCUT2D eigenvalue weighted by Gasteiger charge is 1.91. The zero-order valence-corrected chi connectivity index (χ0v) is 12.1. The molecule has 0 spiro atoms. The highest BCUT2D eigenvalue weighted by Crippen LogP contribution is 2.07. The minimum absolute atomic E-state index is 0.854. The molecule has 0 bridgehead atoms. The lowest BCUT2D eigenvalue weighted by Gasteiger charge is -2.11. The van der Waals surface area contributed by atoms with E-state index in [0.717, 1.165) is 39.3 Å². The van der Waals surface area contributed by atoms with Gasteiger partial charge >= 0.3 is 0 Å². The average Bonchev–Trinajstić information content (AvgIpc) is 2.44. The highest BCUT2D eigenvalue weighted by atomic mass is 15.0. The third kappa shape index (κ3) is 15.8. The van der Waals surface area contributed by atoms with Crippen molar-refractivity contribution in [1.82, 2.24) is 10.6 Å². The van der Waals surface area contributed by atoms with Crippen molar-refractivity contribution < 1.29 is 0 Å². The molecule has 1 saturated heterocycles. The van der Waals surface area contributed by atoms with Gasteiger partial charge in [-0.05, 0) is 25.9 Å². The molecule has 0 aliphatic carbocycles. The zero-order valence-electron chi connectivity index (χ0n) is 12.1. The Labute approximate surface area is 113 Å². The average molecular weight is 258 g/mol. The lowest BCUT2D eigenvalue weighted by molar-refractivity contribution is 0.534. The van der Waals surface area contributed by atoms with E-state index in [-0.39, 0.29) is 0 Å². The number of nitrogens with two attached hydrogens (primary N) is 2. The van der Waals surface area contributed by atoms with Crippen LogP contribution in [-0.2, 0) is 0 Å². The molecule has 1 fully saturated rings. The Hall–Kier alpha value is -0.160. The smallest absolute Gasteiger partial charge is 0.00772 e. The molecule has 0 saturated carbocycles. The molecule has 0 atom stereocenters. The van der Waals surface area contributed by atoms with Crippen molar-refractivity contribution in [1.29, 1.82) is 0 Å². The quantitative estimate of drug-likeness (QED) is 0.469. The summed E-state index contributed by atoms with van der Waals surface area (Å²) in [7, 11) is 0. The molecule has 4 heteroatoms. The summed E-state index contributed by atoms with van der Waals surface area (Å²) in [5, 5.41) is 6.44. The van der Waals surface area contributed by atoms with E-state index in [0.29, 0.717) is 0 Å². The maximum absolute atomic E-state index is 5.40. The van der Waals surface area contributed by atoms with E-state index < -0.39 is 0 Å². The molecule has 1 rings (SSSR count). The minimum Gasteiger partial charge on any atom is -0.330 e. The van der Waals surface area contributed by atoms with Gasteiger partial charge in [0.05, 0.1) is 0 Å². The fraction of sp³-hybridized carbons (Fsp3) is 1.00.